The maximum Gasteiger partial charge on any atom is 0.192 e. The fraction of sp³-hybridized carbons (Fsp3) is 0.0400. The summed E-state index contributed by atoms with van der Waals surface area (Å²) in [5.41, 5.74) is 4.60. The zero-order valence-electron chi connectivity index (χ0n) is 19.2. The van der Waals surface area contributed by atoms with E-state index in [9.17, 15) is 10.2 Å². The molecule has 0 amide bonds. The lowest BCUT2D eigenvalue weighted by atomic mass is 10.0. The summed E-state index contributed by atoms with van der Waals surface area (Å²) in [6, 6.07) is 9.47. The van der Waals surface area contributed by atoms with Crippen LogP contribution in [0.4, 0.5) is 0 Å². The number of phenolic OH excluding ortho intramolecular Hbond substituents is 2. The Labute approximate surface area is 224 Å². The first-order valence-corrected chi connectivity index (χ1v) is 11.9. The van der Waals surface area contributed by atoms with Crippen LogP contribution in [0.5, 0.6) is 34.5 Å². The number of hydrazine groups is 1. The standard InChI is InChI=1S/C25H16IN3O9/c1-32-18-4-10-15(7-19(18)36-26)35-25-21-9-3-17(38-29-27)12(31)5-13(9)33-23(21)20-8-2-11(30)16(37-28)6-14(8)34-24(20)22(10)25/h2-7,29-31H,27-28H2,1H3. The van der Waals surface area contributed by atoms with Crippen molar-refractivity contribution in [1.29, 1.82) is 0 Å². The molecule has 192 valence electrons. The molecule has 0 saturated heterocycles. The van der Waals surface area contributed by atoms with Crippen molar-refractivity contribution >= 4 is 88.8 Å². The largest absolute Gasteiger partial charge is 0.504 e. The number of rotatable bonds is 5. The Morgan fingerprint density at radius 1 is 0.711 bits per heavy atom. The van der Waals surface area contributed by atoms with Gasteiger partial charge in [0.2, 0.25) is 0 Å². The van der Waals surface area contributed by atoms with Crippen molar-refractivity contribution in [2.75, 3.05) is 7.11 Å². The van der Waals surface area contributed by atoms with E-state index in [4.69, 9.17) is 42.5 Å². The van der Waals surface area contributed by atoms with Gasteiger partial charge >= 0.3 is 0 Å². The molecule has 0 saturated carbocycles. The smallest absolute Gasteiger partial charge is 0.192 e. The molecule has 3 heterocycles. The third-order valence-corrected chi connectivity index (χ3v) is 7.05. The highest BCUT2D eigenvalue weighted by atomic mass is 127. The summed E-state index contributed by atoms with van der Waals surface area (Å²) in [6.07, 6.45) is 0. The van der Waals surface area contributed by atoms with Crippen LogP contribution in [0.1, 0.15) is 0 Å². The molecule has 0 spiro atoms. The third-order valence-electron chi connectivity index (χ3n) is 6.57. The monoisotopic (exact) mass is 629 g/mol. The summed E-state index contributed by atoms with van der Waals surface area (Å²) >= 11 is 1.77. The van der Waals surface area contributed by atoms with Crippen LogP contribution in [0.15, 0.2) is 49.6 Å². The van der Waals surface area contributed by atoms with Gasteiger partial charge in [0.25, 0.3) is 0 Å². The predicted octanol–water partition coefficient (Wildman–Crippen LogP) is 5.54. The van der Waals surface area contributed by atoms with Gasteiger partial charge < -0.3 is 40.9 Å². The number of methoxy groups -OCH3 is 1. The third kappa shape index (κ3) is 2.94. The topological polar surface area (TPSA) is 181 Å². The number of fused-ring (bicyclic) bond motifs is 12. The minimum atomic E-state index is -0.195. The van der Waals surface area contributed by atoms with Crippen LogP contribution in [0, 0.1) is 0 Å². The highest BCUT2D eigenvalue weighted by Crippen LogP contribution is 2.51. The van der Waals surface area contributed by atoms with Gasteiger partial charge in [-0.2, -0.15) is 5.90 Å². The Morgan fingerprint density at radius 2 is 1.21 bits per heavy atom. The van der Waals surface area contributed by atoms with Crippen molar-refractivity contribution in [1.82, 2.24) is 5.59 Å². The van der Waals surface area contributed by atoms with E-state index in [-0.39, 0.29) is 23.0 Å². The van der Waals surface area contributed by atoms with E-state index in [2.05, 4.69) is 5.59 Å². The molecular weight excluding hydrogens is 613 g/mol. The molecule has 0 unspecified atom stereocenters. The molecule has 7 N–H and O–H groups in total. The van der Waals surface area contributed by atoms with Gasteiger partial charge in [-0.15, -0.1) is 0 Å². The molecule has 0 radical (unpaired) electrons. The number of hydrogen-bond donors (Lipinski definition) is 5. The van der Waals surface area contributed by atoms with Crippen molar-refractivity contribution < 1.29 is 40.9 Å². The number of ether oxygens (including phenoxy) is 1. The second-order valence-corrected chi connectivity index (χ2v) is 8.91. The van der Waals surface area contributed by atoms with Crippen LogP contribution in [-0.2, 0) is 0 Å². The summed E-state index contributed by atoms with van der Waals surface area (Å²) in [5.74, 6) is 11.3. The molecule has 4 aromatic carbocycles. The van der Waals surface area contributed by atoms with Gasteiger partial charge in [0.1, 0.15) is 16.7 Å². The maximum absolute atomic E-state index is 10.5. The summed E-state index contributed by atoms with van der Waals surface area (Å²) in [7, 11) is 1.54. The highest BCUT2D eigenvalue weighted by molar-refractivity contribution is 14.1. The molecule has 0 aliphatic heterocycles. The van der Waals surface area contributed by atoms with E-state index < -0.39 is 0 Å². The van der Waals surface area contributed by atoms with Gasteiger partial charge in [0.05, 0.1) is 23.3 Å². The van der Waals surface area contributed by atoms with Gasteiger partial charge in [-0.05, 0) is 18.2 Å². The minimum absolute atomic E-state index is 0.0391. The second-order valence-electron chi connectivity index (χ2n) is 8.46. The number of halogens is 1. The molecule has 38 heavy (non-hydrogen) atoms. The van der Waals surface area contributed by atoms with Crippen LogP contribution in [-0.4, -0.2) is 17.3 Å². The molecule has 13 heteroatoms. The summed E-state index contributed by atoms with van der Waals surface area (Å²) in [5, 5.41) is 24.5. The van der Waals surface area contributed by atoms with Crippen LogP contribution < -0.4 is 34.8 Å². The number of nitrogens with two attached hydrogens (primary N) is 2. The second kappa shape index (κ2) is 8.09. The molecule has 0 aliphatic rings. The molecule has 12 nitrogen and oxygen atoms in total. The van der Waals surface area contributed by atoms with Crippen LogP contribution in [0.2, 0.25) is 0 Å². The van der Waals surface area contributed by atoms with E-state index in [0.717, 1.165) is 0 Å². The SMILES string of the molecule is COc1cc2c(cc1OI)oc1c3c4cc(ONN)c(O)cc4oc3c3c4cc(O)c(ON)cc4oc3c21. The highest BCUT2D eigenvalue weighted by Gasteiger charge is 2.27. The molecule has 0 bridgehead atoms. The van der Waals surface area contributed by atoms with Crippen molar-refractivity contribution in [3.8, 4) is 34.5 Å². The number of phenols is 2. The number of furan rings is 3. The van der Waals surface area contributed by atoms with Crippen LogP contribution in [0.3, 0.4) is 0 Å². The number of aromatic hydroxyl groups is 2. The Morgan fingerprint density at radius 3 is 1.74 bits per heavy atom. The van der Waals surface area contributed by atoms with E-state index in [1.54, 1.807) is 41.2 Å². The predicted molar refractivity (Wildman–Crippen MR) is 146 cm³/mol. The van der Waals surface area contributed by atoms with Gasteiger partial charge in [-0.3, -0.25) is 0 Å². The molecule has 0 aliphatic carbocycles. The van der Waals surface area contributed by atoms with Crippen molar-refractivity contribution in [2.45, 2.75) is 0 Å². The fourth-order valence-corrected chi connectivity index (χ4v) is 5.34. The lowest BCUT2D eigenvalue weighted by Crippen LogP contribution is -2.25. The van der Waals surface area contributed by atoms with E-state index in [1.807, 2.05) is 0 Å². The maximum atomic E-state index is 10.5. The molecule has 7 aromatic rings. The quantitative estimate of drug-likeness (QED) is 0.0912. The zero-order chi connectivity index (χ0) is 26.3. The van der Waals surface area contributed by atoms with Crippen LogP contribution >= 0.6 is 23.0 Å². The summed E-state index contributed by atoms with van der Waals surface area (Å²) < 4.78 is 29.9. The van der Waals surface area contributed by atoms with Crippen LogP contribution in [0.25, 0.3) is 65.8 Å². The molecule has 7 rings (SSSR count). The first kappa shape index (κ1) is 22.9. The van der Waals surface area contributed by atoms with E-state index >= 15 is 0 Å². The van der Waals surface area contributed by atoms with Crippen molar-refractivity contribution in [3.63, 3.8) is 0 Å². The lowest BCUT2D eigenvalue weighted by molar-refractivity contribution is 0.191. The Bertz CT molecular complexity index is 2090. The molecule has 0 atom stereocenters. The molecular formula is C25H16IN3O9. The normalized spacial score (nSPS) is 12.0. The molecule has 0 fully saturated rings. The zero-order valence-corrected chi connectivity index (χ0v) is 21.4. The molecule has 3 aromatic heterocycles. The fourth-order valence-electron chi connectivity index (χ4n) is 4.99. The van der Waals surface area contributed by atoms with Crippen molar-refractivity contribution in [2.24, 2.45) is 11.7 Å². The number of benzene rings is 4. The number of hydrogen-bond acceptors (Lipinski definition) is 12. The number of nitrogens with one attached hydrogen (secondary N) is 1. The van der Waals surface area contributed by atoms with Crippen molar-refractivity contribution in [3.05, 3.63) is 36.4 Å². The summed E-state index contributed by atoms with van der Waals surface area (Å²) in [6.45, 7) is 0. The van der Waals surface area contributed by atoms with E-state index in [1.165, 1.54) is 25.3 Å². The lowest BCUT2D eigenvalue weighted by Gasteiger charge is -2.05. The Balaban J connectivity index is 1.77. The average molecular weight is 629 g/mol. The van der Waals surface area contributed by atoms with Gasteiger partial charge in [-0.25, -0.2) is 5.84 Å². The average Bonchev–Trinajstić information content (AvgIpc) is 3.57. The minimum Gasteiger partial charge on any atom is -0.504 e. The van der Waals surface area contributed by atoms with Gasteiger partial charge in [-0.1, -0.05) is 5.59 Å². The Kier molecular flexibility index (Phi) is 4.87. The first-order chi connectivity index (χ1) is 18.5. The van der Waals surface area contributed by atoms with Gasteiger partial charge in [0.15, 0.2) is 74.3 Å². The van der Waals surface area contributed by atoms with E-state index in [0.29, 0.717) is 77.3 Å². The Hall–Kier alpha value is -4.31. The summed E-state index contributed by atoms with van der Waals surface area (Å²) in [4.78, 5) is 9.96. The first-order valence-electron chi connectivity index (χ1n) is 11.0. The van der Waals surface area contributed by atoms with Gasteiger partial charge in [0, 0.05) is 34.4 Å².